The minimum Gasteiger partial charge on any atom is -0.382 e. The predicted molar refractivity (Wildman–Crippen MR) is 126 cm³/mol. The molecule has 0 atom stereocenters. The number of fused-ring (bicyclic) bond motifs is 2. The zero-order valence-corrected chi connectivity index (χ0v) is 18.0. The van der Waals surface area contributed by atoms with Gasteiger partial charge in [0.25, 0.3) is 0 Å². The Balaban J connectivity index is 1.81. The summed E-state index contributed by atoms with van der Waals surface area (Å²) in [5, 5.41) is 4.45. The molecule has 0 unspecified atom stereocenters. The molecule has 0 bridgehead atoms. The van der Waals surface area contributed by atoms with Gasteiger partial charge in [-0.25, -0.2) is 18.4 Å². The summed E-state index contributed by atoms with van der Waals surface area (Å²) < 4.78 is 28.5. The molecule has 0 spiro atoms. The van der Waals surface area contributed by atoms with Gasteiger partial charge in [0.2, 0.25) is 9.84 Å². The van der Waals surface area contributed by atoms with Gasteiger partial charge in [-0.1, -0.05) is 60.2 Å². The van der Waals surface area contributed by atoms with Gasteiger partial charge in [0.1, 0.15) is 16.2 Å². The van der Waals surface area contributed by atoms with E-state index in [-0.39, 0.29) is 26.8 Å². The first-order valence-corrected chi connectivity index (χ1v) is 11.4. The fraction of sp³-hybridized carbons (Fsp3) is 0.0417. The Labute approximate surface area is 184 Å². The summed E-state index contributed by atoms with van der Waals surface area (Å²) in [5.74, 6) is -0.0388. The zero-order chi connectivity index (χ0) is 22.3. The number of aryl methyl sites for hydroxylation is 1. The fourth-order valence-electron chi connectivity index (χ4n) is 3.50. The third-order valence-electron chi connectivity index (χ3n) is 5.15. The van der Waals surface area contributed by atoms with Gasteiger partial charge in [-0.15, -0.1) is 0 Å². The highest BCUT2D eigenvalue weighted by Crippen LogP contribution is 2.35. The average Bonchev–Trinajstić information content (AvgIpc) is 3.07. The molecule has 8 heteroatoms. The van der Waals surface area contributed by atoms with Gasteiger partial charge in [0.15, 0.2) is 5.65 Å². The topological polar surface area (TPSA) is 103 Å². The fourth-order valence-corrected chi connectivity index (χ4v) is 4.99. The summed E-state index contributed by atoms with van der Waals surface area (Å²) in [6, 6.07) is 23.3. The summed E-state index contributed by atoms with van der Waals surface area (Å²) in [5.41, 5.74) is 9.84. The van der Waals surface area contributed by atoms with E-state index in [0.717, 1.165) is 11.1 Å². The standard InChI is InChI=1S/C24H19N5O2S/c1-16-11-13-18(14-12-16)32(30,31)22-21-24(28-20-10-6-5-9-19(20)27-21)29(23(22)25)26-15-17-7-3-2-4-8-17/h2-15H,25H2,1H3/b26-15+. The van der Waals surface area contributed by atoms with Gasteiger partial charge in [-0.05, 0) is 36.8 Å². The third-order valence-corrected chi connectivity index (χ3v) is 6.98. The van der Waals surface area contributed by atoms with Crippen LogP contribution < -0.4 is 5.73 Å². The molecule has 2 aromatic heterocycles. The van der Waals surface area contributed by atoms with Crippen LogP contribution in [0.25, 0.3) is 22.2 Å². The first-order chi connectivity index (χ1) is 15.4. The maximum absolute atomic E-state index is 13.6. The normalized spacial score (nSPS) is 12.2. The van der Waals surface area contributed by atoms with Crippen molar-refractivity contribution in [1.29, 1.82) is 0 Å². The lowest BCUT2D eigenvalue weighted by Gasteiger charge is -2.05. The first-order valence-electron chi connectivity index (χ1n) is 9.93. The number of aromatic nitrogens is 3. The Hall–Kier alpha value is -4.04. The minimum absolute atomic E-state index is 0.0388. The quantitative estimate of drug-likeness (QED) is 0.421. The van der Waals surface area contributed by atoms with Crippen molar-refractivity contribution in [2.24, 2.45) is 5.10 Å². The number of sulfone groups is 1. The predicted octanol–water partition coefficient (Wildman–Crippen LogP) is 4.19. The van der Waals surface area contributed by atoms with Crippen LogP contribution in [-0.4, -0.2) is 29.3 Å². The van der Waals surface area contributed by atoms with Crippen LogP contribution in [0.1, 0.15) is 11.1 Å². The van der Waals surface area contributed by atoms with Gasteiger partial charge in [0, 0.05) is 0 Å². The molecule has 3 aromatic carbocycles. The molecule has 7 nitrogen and oxygen atoms in total. The van der Waals surface area contributed by atoms with Crippen molar-refractivity contribution in [3.05, 3.63) is 90.0 Å². The summed E-state index contributed by atoms with van der Waals surface area (Å²) in [6.45, 7) is 1.90. The Bertz CT molecular complexity index is 1590. The van der Waals surface area contributed by atoms with Crippen molar-refractivity contribution in [2.75, 3.05) is 5.73 Å². The minimum atomic E-state index is -3.97. The Morgan fingerprint density at radius 2 is 1.50 bits per heavy atom. The van der Waals surface area contributed by atoms with E-state index in [2.05, 4.69) is 15.1 Å². The lowest BCUT2D eigenvalue weighted by atomic mass is 10.2. The van der Waals surface area contributed by atoms with Crippen LogP contribution in [0.15, 0.2) is 93.8 Å². The molecule has 2 N–H and O–H groups in total. The molecule has 0 aliphatic heterocycles. The molecule has 2 heterocycles. The number of para-hydroxylation sites is 2. The maximum atomic E-state index is 13.6. The van der Waals surface area contributed by atoms with Crippen LogP contribution in [0, 0.1) is 6.92 Å². The van der Waals surface area contributed by atoms with Crippen LogP contribution in [0.2, 0.25) is 0 Å². The van der Waals surface area contributed by atoms with Gasteiger partial charge in [-0.3, -0.25) is 0 Å². The maximum Gasteiger partial charge on any atom is 0.212 e. The second-order valence-corrected chi connectivity index (χ2v) is 9.27. The van der Waals surface area contributed by atoms with Gasteiger partial charge >= 0.3 is 0 Å². The molecule has 158 valence electrons. The molecule has 32 heavy (non-hydrogen) atoms. The van der Waals surface area contributed by atoms with E-state index in [9.17, 15) is 8.42 Å². The Kier molecular flexibility index (Phi) is 4.71. The van der Waals surface area contributed by atoms with Crippen LogP contribution >= 0.6 is 0 Å². The van der Waals surface area contributed by atoms with Crippen molar-refractivity contribution in [2.45, 2.75) is 16.7 Å². The van der Waals surface area contributed by atoms with E-state index >= 15 is 0 Å². The lowest BCUT2D eigenvalue weighted by Crippen LogP contribution is -2.06. The zero-order valence-electron chi connectivity index (χ0n) is 17.2. The number of nitrogens with zero attached hydrogens (tertiary/aromatic N) is 4. The van der Waals surface area contributed by atoms with Gasteiger partial charge < -0.3 is 5.73 Å². The largest absolute Gasteiger partial charge is 0.382 e. The van der Waals surface area contributed by atoms with E-state index in [1.807, 2.05) is 55.5 Å². The number of rotatable bonds is 4. The highest BCUT2D eigenvalue weighted by atomic mass is 32.2. The van der Waals surface area contributed by atoms with E-state index in [1.165, 1.54) is 4.68 Å². The van der Waals surface area contributed by atoms with Crippen LogP contribution in [0.5, 0.6) is 0 Å². The van der Waals surface area contributed by atoms with E-state index in [1.54, 1.807) is 36.5 Å². The molecule has 0 radical (unpaired) electrons. The monoisotopic (exact) mass is 441 g/mol. The van der Waals surface area contributed by atoms with E-state index in [0.29, 0.717) is 11.0 Å². The number of nitrogen functional groups attached to an aromatic ring is 1. The van der Waals surface area contributed by atoms with Crippen LogP contribution in [0.4, 0.5) is 5.82 Å². The Morgan fingerprint density at radius 3 is 2.19 bits per heavy atom. The van der Waals surface area contributed by atoms with Crippen molar-refractivity contribution in [3.63, 3.8) is 0 Å². The van der Waals surface area contributed by atoms with Crippen LogP contribution in [-0.2, 0) is 9.84 Å². The average molecular weight is 442 g/mol. The molecule has 0 aliphatic rings. The van der Waals surface area contributed by atoms with Crippen molar-refractivity contribution >= 4 is 44.1 Å². The summed E-state index contributed by atoms with van der Waals surface area (Å²) in [6.07, 6.45) is 1.61. The molecule has 0 aliphatic carbocycles. The highest BCUT2D eigenvalue weighted by Gasteiger charge is 2.30. The summed E-state index contributed by atoms with van der Waals surface area (Å²) in [4.78, 5) is 9.28. The van der Waals surface area contributed by atoms with Gasteiger partial charge in [-0.2, -0.15) is 9.78 Å². The number of hydrogen-bond acceptors (Lipinski definition) is 6. The van der Waals surface area contributed by atoms with E-state index < -0.39 is 9.84 Å². The van der Waals surface area contributed by atoms with Crippen molar-refractivity contribution in [3.8, 4) is 0 Å². The van der Waals surface area contributed by atoms with Crippen molar-refractivity contribution < 1.29 is 8.42 Å². The second-order valence-electron chi connectivity index (χ2n) is 7.38. The van der Waals surface area contributed by atoms with E-state index in [4.69, 9.17) is 5.73 Å². The molecular weight excluding hydrogens is 422 g/mol. The molecule has 0 fully saturated rings. The smallest absolute Gasteiger partial charge is 0.212 e. The summed E-state index contributed by atoms with van der Waals surface area (Å²) >= 11 is 0. The molecule has 0 amide bonds. The second kappa shape index (κ2) is 7.58. The third kappa shape index (κ3) is 3.30. The number of nitrogens with two attached hydrogens (primary N) is 1. The molecule has 5 rings (SSSR count). The van der Waals surface area contributed by atoms with Gasteiger partial charge in [0.05, 0.1) is 22.1 Å². The lowest BCUT2D eigenvalue weighted by molar-refractivity contribution is 0.597. The molecule has 0 saturated carbocycles. The number of hydrogen-bond donors (Lipinski definition) is 1. The molecule has 0 saturated heterocycles. The molecular formula is C24H19N5O2S. The van der Waals surface area contributed by atoms with Crippen molar-refractivity contribution in [1.82, 2.24) is 14.6 Å². The Morgan fingerprint density at radius 1 is 0.875 bits per heavy atom. The molecule has 5 aromatic rings. The van der Waals surface area contributed by atoms with Crippen LogP contribution in [0.3, 0.4) is 0 Å². The summed E-state index contributed by atoms with van der Waals surface area (Å²) in [7, 11) is -3.97. The number of anilines is 1. The first kappa shape index (κ1) is 19.9. The highest BCUT2D eigenvalue weighted by molar-refractivity contribution is 7.92. The SMILES string of the molecule is Cc1ccc(S(=O)(=O)c2c(N)n(/N=C/c3ccccc3)c3nc4ccccc4nc23)cc1. The number of benzene rings is 3.